The summed E-state index contributed by atoms with van der Waals surface area (Å²) in [6.07, 6.45) is 0. The maximum Gasteiger partial charge on any atom is 0.308 e. The second kappa shape index (κ2) is 8.10. The first kappa shape index (κ1) is 18.2. The number of ether oxygens (including phenoxy) is 1. The first-order valence-electron chi connectivity index (χ1n) is 7.86. The Bertz CT molecular complexity index is 782. The minimum Gasteiger partial charge on any atom is -0.427 e. The maximum absolute atomic E-state index is 12.3. The predicted molar refractivity (Wildman–Crippen MR) is 95.6 cm³/mol. The van der Waals surface area contributed by atoms with Gasteiger partial charge in [-0.2, -0.15) is 0 Å². The highest BCUT2D eigenvalue weighted by atomic mass is 16.5. The summed E-state index contributed by atoms with van der Waals surface area (Å²) in [6.45, 7) is 4.92. The first-order chi connectivity index (χ1) is 11.8. The fourth-order valence-corrected chi connectivity index (χ4v) is 1.99. The van der Waals surface area contributed by atoms with E-state index in [0.717, 1.165) is 0 Å². The summed E-state index contributed by atoms with van der Waals surface area (Å²) in [5.74, 6) is -0.639. The Hall–Kier alpha value is -3.15. The molecule has 0 atom stereocenters. The standard InChI is InChI=1S/C19H20N2O4/c1-12(2)18(23)20-15-7-9-16(10-8-15)21-19(24)14-5-4-6-17(11-14)25-13(3)22/h4-12H,1-3H3,(H,20,23)(H,21,24). The molecule has 0 aliphatic heterocycles. The summed E-state index contributed by atoms with van der Waals surface area (Å²) in [5.41, 5.74) is 1.62. The molecule has 25 heavy (non-hydrogen) atoms. The van der Waals surface area contributed by atoms with Gasteiger partial charge in [-0.25, -0.2) is 0 Å². The zero-order valence-corrected chi connectivity index (χ0v) is 14.3. The Labute approximate surface area is 146 Å². The van der Waals surface area contributed by atoms with Crippen LogP contribution in [0.1, 0.15) is 31.1 Å². The molecule has 130 valence electrons. The highest BCUT2D eigenvalue weighted by molar-refractivity contribution is 6.04. The van der Waals surface area contributed by atoms with Crippen molar-refractivity contribution in [2.45, 2.75) is 20.8 Å². The topological polar surface area (TPSA) is 84.5 Å². The monoisotopic (exact) mass is 340 g/mol. The molecule has 0 saturated heterocycles. The number of anilines is 2. The van der Waals surface area contributed by atoms with Gasteiger partial charge in [0.05, 0.1) is 0 Å². The lowest BCUT2D eigenvalue weighted by atomic mass is 10.2. The molecule has 0 fully saturated rings. The van der Waals surface area contributed by atoms with Gasteiger partial charge < -0.3 is 15.4 Å². The molecule has 0 spiro atoms. The molecule has 2 rings (SSSR count). The fourth-order valence-electron chi connectivity index (χ4n) is 1.99. The van der Waals surface area contributed by atoms with Crippen molar-refractivity contribution in [3.63, 3.8) is 0 Å². The van der Waals surface area contributed by atoms with E-state index in [0.29, 0.717) is 22.7 Å². The molecule has 0 aromatic heterocycles. The third-order valence-electron chi connectivity index (χ3n) is 3.29. The second-order valence-corrected chi connectivity index (χ2v) is 5.80. The van der Waals surface area contributed by atoms with Crippen LogP contribution in [0.15, 0.2) is 48.5 Å². The predicted octanol–water partition coefficient (Wildman–Crippen LogP) is 3.46. The van der Waals surface area contributed by atoms with Gasteiger partial charge >= 0.3 is 5.97 Å². The molecule has 0 bridgehead atoms. The van der Waals surface area contributed by atoms with Crippen LogP contribution in [0.25, 0.3) is 0 Å². The smallest absolute Gasteiger partial charge is 0.308 e. The van der Waals surface area contributed by atoms with Crippen molar-refractivity contribution in [2.24, 2.45) is 5.92 Å². The summed E-state index contributed by atoms with van der Waals surface area (Å²) in [4.78, 5) is 34.9. The van der Waals surface area contributed by atoms with Crippen LogP contribution in [-0.4, -0.2) is 17.8 Å². The van der Waals surface area contributed by atoms with E-state index in [1.807, 2.05) is 13.8 Å². The molecular formula is C19H20N2O4. The van der Waals surface area contributed by atoms with E-state index in [4.69, 9.17) is 4.74 Å². The number of amides is 2. The number of esters is 1. The number of carbonyl (C=O) groups excluding carboxylic acids is 3. The van der Waals surface area contributed by atoms with Gasteiger partial charge in [-0.1, -0.05) is 19.9 Å². The highest BCUT2D eigenvalue weighted by Crippen LogP contribution is 2.18. The number of rotatable bonds is 5. The SMILES string of the molecule is CC(=O)Oc1cccc(C(=O)Nc2ccc(NC(=O)C(C)C)cc2)c1. The minimum atomic E-state index is -0.448. The lowest BCUT2D eigenvalue weighted by Crippen LogP contribution is -2.17. The number of carbonyl (C=O) groups is 3. The van der Waals surface area contributed by atoms with Crippen LogP contribution in [-0.2, 0) is 9.59 Å². The van der Waals surface area contributed by atoms with Gasteiger partial charge in [0.1, 0.15) is 5.75 Å². The minimum absolute atomic E-state index is 0.0703. The molecule has 0 saturated carbocycles. The van der Waals surface area contributed by atoms with Gasteiger partial charge in [-0.3, -0.25) is 14.4 Å². The van der Waals surface area contributed by atoms with Crippen molar-refractivity contribution in [1.82, 2.24) is 0 Å². The molecule has 6 heteroatoms. The van der Waals surface area contributed by atoms with E-state index in [1.165, 1.54) is 13.0 Å². The molecule has 0 aliphatic rings. The Kier molecular flexibility index (Phi) is 5.89. The van der Waals surface area contributed by atoms with Crippen LogP contribution >= 0.6 is 0 Å². The molecule has 0 heterocycles. The number of hydrogen-bond donors (Lipinski definition) is 2. The van der Waals surface area contributed by atoms with Gasteiger partial charge in [0, 0.05) is 29.8 Å². The zero-order chi connectivity index (χ0) is 18.4. The van der Waals surface area contributed by atoms with Crippen molar-refractivity contribution in [1.29, 1.82) is 0 Å². The Morgan fingerprint density at radius 2 is 1.52 bits per heavy atom. The molecule has 2 N–H and O–H groups in total. The Balaban J connectivity index is 2.03. The molecule has 2 aromatic rings. The molecule has 6 nitrogen and oxygen atoms in total. The molecular weight excluding hydrogens is 320 g/mol. The molecule has 2 aromatic carbocycles. The molecule has 0 unspecified atom stereocenters. The molecule has 2 amide bonds. The van der Waals surface area contributed by atoms with Crippen molar-refractivity contribution in [2.75, 3.05) is 10.6 Å². The van der Waals surface area contributed by atoms with Gasteiger partial charge in [0.25, 0.3) is 5.91 Å². The van der Waals surface area contributed by atoms with Gasteiger partial charge in [0.15, 0.2) is 0 Å². The quantitative estimate of drug-likeness (QED) is 0.645. The molecule has 0 radical (unpaired) electrons. The summed E-state index contributed by atoms with van der Waals surface area (Å²) in [6, 6.07) is 13.2. The fraction of sp³-hybridized carbons (Fsp3) is 0.211. The summed E-state index contributed by atoms with van der Waals surface area (Å²) in [5, 5.41) is 5.53. The van der Waals surface area contributed by atoms with E-state index in [9.17, 15) is 14.4 Å². The number of hydrogen-bond acceptors (Lipinski definition) is 4. The van der Waals surface area contributed by atoms with E-state index in [2.05, 4.69) is 10.6 Å². The normalized spacial score (nSPS) is 10.2. The summed E-state index contributed by atoms with van der Waals surface area (Å²) >= 11 is 0. The lowest BCUT2D eigenvalue weighted by Gasteiger charge is -2.10. The third-order valence-corrected chi connectivity index (χ3v) is 3.29. The Morgan fingerprint density at radius 3 is 2.08 bits per heavy atom. The maximum atomic E-state index is 12.3. The van der Waals surface area contributed by atoms with E-state index in [1.54, 1.807) is 42.5 Å². The second-order valence-electron chi connectivity index (χ2n) is 5.80. The summed E-state index contributed by atoms with van der Waals surface area (Å²) < 4.78 is 4.97. The molecule has 0 aliphatic carbocycles. The average molecular weight is 340 g/mol. The largest absolute Gasteiger partial charge is 0.427 e. The Morgan fingerprint density at radius 1 is 0.920 bits per heavy atom. The lowest BCUT2D eigenvalue weighted by molar-refractivity contribution is -0.131. The van der Waals surface area contributed by atoms with Gasteiger partial charge in [0.2, 0.25) is 5.91 Å². The van der Waals surface area contributed by atoms with Crippen molar-refractivity contribution in [3.8, 4) is 5.75 Å². The van der Waals surface area contributed by atoms with Crippen molar-refractivity contribution >= 4 is 29.2 Å². The van der Waals surface area contributed by atoms with Crippen molar-refractivity contribution in [3.05, 3.63) is 54.1 Å². The van der Waals surface area contributed by atoms with Crippen LogP contribution < -0.4 is 15.4 Å². The van der Waals surface area contributed by atoms with E-state index in [-0.39, 0.29) is 17.7 Å². The van der Waals surface area contributed by atoms with Crippen LogP contribution in [0.2, 0.25) is 0 Å². The van der Waals surface area contributed by atoms with Crippen LogP contribution in [0.4, 0.5) is 11.4 Å². The van der Waals surface area contributed by atoms with Crippen LogP contribution in [0.3, 0.4) is 0 Å². The van der Waals surface area contributed by atoms with E-state index < -0.39 is 5.97 Å². The van der Waals surface area contributed by atoms with Gasteiger partial charge in [-0.05, 0) is 42.5 Å². The van der Waals surface area contributed by atoms with Crippen molar-refractivity contribution < 1.29 is 19.1 Å². The van der Waals surface area contributed by atoms with E-state index >= 15 is 0 Å². The third kappa shape index (κ3) is 5.46. The zero-order valence-electron chi connectivity index (χ0n) is 14.3. The highest BCUT2D eigenvalue weighted by Gasteiger charge is 2.10. The van der Waals surface area contributed by atoms with Gasteiger partial charge in [-0.15, -0.1) is 0 Å². The van der Waals surface area contributed by atoms with Crippen LogP contribution in [0, 0.1) is 5.92 Å². The first-order valence-corrected chi connectivity index (χ1v) is 7.86. The number of nitrogens with one attached hydrogen (secondary N) is 2. The average Bonchev–Trinajstić information content (AvgIpc) is 2.56. The van der Waals surface area contributed by atoms with Crippen LogP contribution in [0.5, 0.6) is 5.75 Å². The number of benzene rings is 2. The summed E-state index contributed by atoms with van der Waals surface area (Å²) in [7, 11) is 0.